The smallest absolute Gasteiger partial charge is 0.337 e. The minimum atomic E-state index is -0.872. The average molecular weight is 267 g/mol. The Bertz CT molecular complexity index is 393. The molecule has 1 aromatic carbocycles. The number of rotatable bonds is 8. The number of thioether (sulfide) groups is 1. The number of anilines is 1. The number of aryl methyl sites for hydroxylation is 1. The third-order valence-electron chi connectivity index (χ3n) is 2.75. The van der Waals surface area contributed by atoms with Crippen LogP contribution < -0.4 is 5.32 Å². The topological polar surface area (TPSA) is 49.3 Å². The van der Waals surface area contributed by atoms with Gasteiger partial charge in [-0.2, -0.15) is 11.8 Å². The number of carboxylic acid groups (broad SMARTS) is 1. The van der Waals surface area contributed by atoms with Gasteiger partial charge in [0, 0.05) is 12.2 Å². The van der Waals surface area contributed by atoms with E-state index >= 15 is 0 Å². The summed E-state index contributed by atoms with van der Waals surface area (Å²) < 4.78 is 0. The van der Waals surface area contributed by atoms with Gasteiger partial charge in [0.1, 0.15) is 0 Å². The molecule has 3 nitrogen and oxygen atoms in total. The van der Waals surface area contributed by atoms with Crippen molar-refractivity contribution in [2.75, 3.05) is 23.9 Å². The molecule has 4 heteroatoms. The zero-order valence-electron chi connectivity index (χ0n) is 11.0. The summed E-state index contributed by atoms with van der Waals surface area (Å²) in [6, 6.07) is 5.49. The summed E-state index contributed by atoms with van der Waals surface area (Å²) in [5.74, 6) is 0.328. The van der Waals surface area contributed by atoms with Gasteiger partial charge in [0.25, 0.3) is 0 Å². The van der Waals surface area contributed by atoms with Gasteiger partial charge in [-0.15, -0.1) is 0 Å². The van der Waals surface area contributed by atoms with Crippen molar-refractivity contribution in [3.8, 4) is 0 Å². The molecule has 1 rings (SSSR count). The van der Waals surface area contributed by atoms with Gasteiger partial charge in [0.05, 0.1) is 5.56 Å². The lowest BCUT2D eigenvalue weighted by Gasteiger charge is -2.10. The van der Waals surface area contributed by atoms with Gasteiger partial charge in [0.15, 0.2) is 0 Å². The maximum atomic E-state index is 11.1. The van der Waals surface area contributed by atoms with E-state index < -0.39 is 5.97 Å². The zero-order chi connectivity index (χ0) is 13.4. The third kappa shape index (κ3) is 5.00. The molecule has 1 aromatic rings. The molecule has 0 radical (unpaired) electrons. The number of benzene rings is 1. The van der Waals surface area contributed by atoms with Gasteiger partial charge < -0.3 is 10.4 Å². The summed E-state index contributed by atoms with van der Waals surface area (Å²) in [6.45, 7) is 2.73. The van der Waals surface area contributed by atoms with Crippen LogP contribution in [0.15, 0.2) is 18.2 Å². The Balaban J connectivity index is 2.44. The van der Waals surface area contributed by atoms with Gasteiger partial charge in [-0.25, -0.2) is 4.79 Å². The van der Waals surface area contributed by atoms with E-state index in [1.54, 1.807) is 6.07 Å². The number of carbonyl (C=O) groups is 1. The molecular weight excluding hydrogens is 246 g/mol. The van der Waals surface area contributed by atoms with Crippen molar-refractivity contribution >= 4 is 23.4 Å². The fourth-order valence-electron chi connectivity index (χ4n) is 1.76. The molecule has 0 bridgehead atoms. The van der Waals surface area contributed by atoms with Crippen LogP contribution in [0.1, 0.15) is 35.2 Å². The van der Waals surface area contributed by atoms with Crippen LogP contribution in [0, 0.1) is 6.92 Å². The van der Waals surface area contributed by atoms with Crippen LogP contribution >= 0.6 is 11.8 Å². The van der Waals surface area contributed by atoms with Crippen molar-refractivity contribution in [3.05, 3.63) is 29.3 Å². The van der Waals surface area contributed by atoms with Gasteiger partial charge in [-0.05, 0) is 43.9 Å². The number of hydrogen-bond donors (Lipinski definition) is 2. The maximum absolute atomic E-state index is 11.1. The Morgan fingerprint density at radius 3 is 2.78 bits per heavy atom. The second-order valence-electron chi connectivity index (χ2n) is 4.33. The number of carboxylic acids is 1. The van der Waals surface area contributed by atoms with Crippen LogP contribution in [0.4, 0.5) is 5.69 Å². The molecule has 0 atom stereocenters. The molecule has 0 saturated carbocycles. The SMILES string of the molecule is CSCCCCCNc1ccc(C)cc1C(=O)O. The number of hydrogen-bond acceptors (Lipinski definition) is 3. The fraction of sp³-hybridized carbons (Fsp3) is 0.500. The van der Waals surface area contributed by atoms with Crippen LogP contribution in [-0.2, 0) is 0 Å². The molecule has 18 heavy (non-hydrogen) atoms. The lowest BCUT2D eigenvalue weighted by atomic mass is 10.1. The van der Waals surface area contributed by atoms with Crippen LogP contribution in [0.25, 0.3) is 0 Å². The molecule has 0 spiro atoms. The van der Waals surface area contributed by atoms with Crippen LogP contribution in [0.3, 0.4) is 0 Å². The second kappa shape index (κ2) is 8.03. The number of unbranched alkanes of at least 4 members (excludes halogenated alkanes) is 2. The second-order valence-corrected chi connectivity index (χ2v) is 5.32. The summed E-state index contributed by atoms with van der Waals surface area (Å²) >= 11 is 1.87. The molecular formula is C14H21NO2S. The first kappa shape index (κ1) is 14.9. The predicted molar refractivity (Wildman–Crippen MR) is 78.9 cm³/mol. The molecule has 0 aliphatic heterocycles. The van der Waals surface area contributed by atoms with Crippen molar-refractivity contribution in [2.24, 2.45) is 0 Å². The lowest BCUT2D eigenvalue weighted by molar-refractivity contribution is 0.0698. The highest BCUT2D eigenvalue weighted by Crippen LogP contribution is 2.17. The summed E-state index contributed by atoms with van der Waals surface area (Å²) in [5.41, 5.74) is 2.05. The number of nitrogens with one attached hydrogen (secondary N) is 1. The molecule has 0 aromatic heterocycles. The van der Waals surface area contributed by atoms with Crippen molar-refractivity contribution in [3.63, 3.8) is 0 Å². The number of aromatic carboxylic acids is 1. The van der Waals surface area contributed by atoms with Crippen molar-refractivity contribution in [1.29, 1.82) is 0 Å². The van der Waals surface area contributed by atoms with Crippen LogP contribution in [0.2, 0.25) is 0 Å². The highest BCUT2D eigenvalue weighted by atomic mass is 32.2. The van der Waals surface area contributed by atoms with Crippen molar-refractivity contribution in [2.45, 2.75) is 26.2 Å². The lowest BCUT2D eigenvalue weighted by Crippen LogP contribution is -2.08. The van der Waals surface area contributed by atoms with Crippen LogP contribution in [0.5, 0.6) is 0 Å². The highest BCUT2D eigenvalue weighted by molar-refractivity contribution is 7.98. The normalized spacial score (nSPS) is 10.3. The monoisotopic (exact) mass is 267 g/mol. The zero-order valence-corrected chi connectivity index (χ0v) is 11.8. The Morgan fingerprint density at radius 1 is 1.33 bits per heavy atom. The largest absolute Gasteiger partial charge is 0.478 e. The minimum absolute atomic E-state index is 0.360. The van der Waals surface area contributed by atoms with Crippen molar-refractivity contribution < 1.29 is 9.90 Å². The van der Waals surface area contributed by atoms with E-state index in [9.17, 15) is 4.79 Å². The van der Waals surface area contributed by atoms with E-state index in [4.69, 9.17) is 5.11 Å². The Labute approximate surface area is 113 Å². The molecule has 0 aliphatic carbocycles. The van der Waals surface area contributed by atoms with E-state index in [-0.39, 0.29) is 0 Å². The third-order valence-corrected chi connectivity index (χ3v) is 3.44. The molecule has 0 amide bonds. The van der Waals surface area contributed by atoms with Gasteiger partial charge >= 0.3 is 5.97 Å². The van der Waals surface area contributed by atoms with E-state index in [2.05, 4.69) is 11.6 Å². The average Bonchev–Trinajstić information content (AvgIpc) is 2.35. The molecule has 2 N–H and O–H groups in total. The molecule has 100 valence electrons. The molecule has 0 unspecified atom stereocenters. The molecule has 0 fully saturated rings. The van der Waals surface area contributed by atoms with E-state index in [1.165, 1.54) is 18.6 Å². The van der Waals surface area contributed by atoms with E-state index in [0.29, 0.717) is 5.56 Å². The molecule has 0 saturated heterocycles. The predicted octanol–water partition coefficient (Wildman–Crippen LogP) is 3.64. The van der Waals surface area contributed by atoms with Gasteiger partial charge in [0.2, 0.25) is 0 Å². The first-order valence-electron chi connectivity index (χ1n) is 6.22. The van der Waals surface area contributed by atoms with Gasteiger partial charge in [-0.3, -0.25) is 0 Å². The Morgan fingerprint density at radius 2 is 2.11 bits per heavy atom. The highest BCUT2D eigenvalue weighted by Gasteiger charge is 2.09. The quantitative estimate of drug-likeness (QED) is 0.706. The summed E-state index contributed by atoms with van der Waals surface area (Å²) in [4.78, 5) is 11.1. The van der Waals surface area contributed by atoms with Crippen molar-refractivity contribution in [1.82, 2.24) is 0 Å². The Hall–Kier alpha value is -1.16. The van der Waals surface area contributed by atoms with Gasteiger partial charge in [-0.1, -0.05) is 18.1 Å². The summed E-state index contributed by atoms with van der Waals surface area (Å²) in [6.07, 6.45) is 5.60. The summed E-state index contributed by atoms with van der Waals surface area (Å²) in [7, 11) is 0. The minimum Gasteiger partial charge on any atom is -0.478 e. The Kier molecular flexibility index (Phi) is 6.65. The standard InChI is InChI=1S/C14H21NO2S/c1-11-6-7-13(12(10-11)14(16)17)15-8-4-3-5-9-18-2/h6-7,10,15H,3-5,8-9H2,1-2H3,(H,16,17). The van der Waals surface area contributed by atoms with E-state index in [0.717, 1.165) is 24.2 Å². The first-order chi connectivity index (χ1) is 8.65. The fourth-order valence-corrected chi connectivity index (χ4v) is 2.25. The van der Waals surface area contributed by atoms with E-state index in [1.807, 2.05) is 30.8 Å². The molecule has 0 heterocycles. The van der Waals surface area contributed by atoms with Crippen LogP contribution in [-0.4, -0.2) is 29.6 Å². The molecule has 0 aliphatic rings. The summed E-state index contributed by atoms with van der Waals surface area (Å²) in [5, 5.41) is 12.3. The maximum Gasteiger partial charge on any atom is 0.337 e. The first-order valence-corrected chi connectivity index (χ1v) is 7.61.